The molecule has 2 rings (SSSR count). The first-order chi connectivity index (χ1) is 12.7. The lowest BCUT2D eigenvalue weighted by molar-refractivity contribution is -0.385. The van der Waals surface area contributed by atoms with Crippen LogP contribution in [0.4, 0.5) is 5.69 Å². The van der Waals surface area contributed by atoms with Gasteiger partial charge < -0.3 is 19.8 Å². The van der Waals surface area contributed by atoms with Crippen molar-refractivity contribution in [3.05, 3.63) is 64.1 Å². The first-order valence-corrected chi connectivity index (χ1v) is 8.55. The van der Waals surface area contributed by atoms with Crippen LogP contribution in [0, 0.1) is 10.1 Å². The number of nitrogens with zero attached hydrogens (tertiary/aromatic N) is 2. The monoisotopic (exact) mass is 360 g/mol. The number of para-hydroxylation sites is 1. The number of benzene rings is 1. The summed E-state index contributed by atoms with van der Waals surface area (Å²) >= 11 is 0. The molecule has 0 unspecified atom stereocenters. The average Bonchev–Trinajstić information content (AvgIpc) is 3.16. The van der Waals surface area contributed by atoms with Crippen molar-refractivity contribution in [1.29, 1.82) is 0 Å². The van der Waals surface area contributed by atoms with Crippen molar-refractivity contribution in [2.24, 2.45) is 4.99 Å². The van der Waals surface area contributed by atoms with Crippen LogP contribution in [0.5, 0.6) is 0 Å². The number of nitrogens with one attached hydrogen (secondary N) is 2. The second kappa shape index (κ2) is 10.9. The molecular weight excluding hydrogens is 336 g/mol. The van der Waals surface area contributed by atoms with Crippen molar-refractivity contribution in [2.45, 2.75) is 26.5 Å². The molecule has 2 aromatic rings. The predicted molar refractivity (Wildman–Crippen MR) is 98.9 cm³/mol. The van der Waals surface area contributed by atoms with Crippen molar-refractivity contribution in [2.75, 3.05) is 19.7 Å². The zero-order valence-corrected chi connectivity index (χ0v) is 14.8. The molecule has 0 aliphatic rings. The zero-order valence-electron chi connectivity index (χ0n) is 14.8. The second-order valence-corrected chi connectivity index (χ2v) is 5.49. The van der Waals surface area contributed by atoms with Gasteiger partial charge in [-0.3, -0.25) is 10.1 Å². The molecule has 0 bridgehead atoms. The SMILES string of the molecule is CCNC(=NCc1ccccc1[N+](=O)[O-])NCCCOCc1ccco1. The van der Waals surface area contributed by atoms with Crippen LogP contribution < -0.4 is 10.6 Å². The Bertz CT molecular complexity index is 701. The van der Waals surface area contributed by atoms with Crippen LogP contribution in [0.1, 0.15) is 24.7 Å². The lowest BCUT2D eigenvalue weighted by atomic mass is 10.2. The highest BCUT2D eigenvalue weighted by atomic mass is 16.6. The number of nitro benzene ring substituents is 1. The van der Waals surface area contributed by atoms with E-state index in [9.17, 15) is 10.1 Å². The van der Waals surface area contributed by atoms with Gasteiger partial charge in [-0.15, -0.1) is 0 Å². The summed E-state index contributed by atoms with van der Waals surface area (Å²) in [7, 11) is 0. The third-order valence-corrected chi connectivity index (χ3v) is 3.52. The molecule has 0 fully saturated rings. The normalized spacial score (nSPS) is 11.3. The Morgan fingerprint density at radius 2 is 2.12 bits per heavy atom. The zero-order chi connectivity index (χ0) is 18.6. The van der Waals surface area contributed by atoms with Gasteiger partial charge in [-0.25, -0.2) is 4.99 Å². The van der Waals surface area contributed by atoms with E-state index in [-0.39, 0.29) is 17.2 Å². The molecule has 26 heavy (non-hydrogen) atoms. The summed E-state index contributed by atoms with van der Waals surface area (Å²) in [5.41, 5.74) is 0.662. The number of nitro groups is 1. The molecule has 0 atom stereocenters. The first-order valence-electron chi connectivity index (χ1n) is 8.55. The van der Waals surface area contributed by atoms with Gasteiger partial charge in [0.25, 0.3) is 5.69 Å². The van der Waals surface area contributed by atoms with Crippen LogP contribution in [-0.2, 0) is 17.9 Å². The van der Waals surface area contributed by atoms with Crippen molar-refractivity contribution >= 4 is 11.6 Å². The Morgan fingerprint density at radius 1 is 1.27 bits per heavy atom. The van der Waals surface area contributed by atoms with Gasteiger partial charge in [0.05, 0.1) is 23.3 Å². The minimum absolute atomic E-state index is 0.0819. The fraction of sp³-hybridized carbons (Fsp3) is 0.389. The van der Waals surface area contributed by atoms with E-state index < -0.39 is 0 Å². The van der Waals surface area contributed by atoms with Gasteiger partial charge in [-0.2, -0.15) is 0 Å². The van der Waals surface area contributed by atoms with E-state index >= 15 is 0 Å². The fourth-order valence-corrected chi connectivity index (χ4v) is 2.28. The van der Waals surface area contributed by atoms with Crippen LogP contribution in [0.15, 0.2) is 52.1 Å². The third kappa shape index (κ3) is 6.56. The van der Waals surface area contributed by atoms with E-state index in [1.165, 1.54) is 6.07 Å². The van der Waals surface area contributed by atoms with Gasteiger partial charge in [0.15, 0.2) is 5.96 Å². The minimum Gasteiger partial charge on any atom is -0.467 e. The summed E-state index contributed by atoms with van der Waals surface area (Å²) in [6.07, 6.45) is 2.42. The third-order valence-electron chi connectivity index (χ3n) is 3.52. The Labute approximate surface area is 152 Å². The second-order valence-electron chi connectivity index (χ2n) is 5.49. The van der Waals surface area contributed by atoms with Crippen molar-refractivity contribution in [3.63, 3.8) is 0 Å². The summed E-state index contributed by atoms with van der Waals surface area (Å²) in [6.45, 7) is 4.64. The van der Waals surface area contributed by atoms with Crippen LogP contribution in [0.25, 0.3) is 0 Å². The van der Waals surface area contributed by atoms with Crippen LogP contribution in [0.3, 0.4) is 0 Å². The minimum atomic E-state index is -0.387. The highest BCUT2D eigenvalue weighted by molar-refractivity contribution is 5.79. The van der Waals surface area contributed by atoms with Crippen molar-refractivity contribution in [3.8, 4) is 0 Å². The quantitative estimate of drug-likeness (QED) is 0.222. The molecule has 0 spiro atoms. The highest BCUT2D eigenvalue weighted by Gasteiger charge is 2.11. The number of hydrogen-bond donors (Lipinski definition) is 2. The van der Waals surface area contributed by atoms with Gasteiger partial charge in [-0.05, 0) is 25.5 Å². The Kier molecular flexibility index (Phi) is 8.14. The molecular formula is C18H24N4O4. The van der Waals surface area contributed by atoms with Crippen molar-refractivity contribution < 1.29 is 14.1 Å². The van der Waals surface area contributed by atoms with Gasteiger partial charge in [0.1, 0.15) is 12.4 Å². The van der Waals surface area contributed by atoms with E-state index in [1.54, 1.807) is 24.5 Å². The molecule has 0 aliphatic heterocycles. The van der Waals surface area contributed by atoms with Crippen LogP contribution >= 0.6 is 0 Å². The van der Waals surface area contributed by atoms with Gasteiger partial charge in [0, 0.05) is 25.8 Å². The van der Waals surface area contributed by atoms with Crippen LogP contribution in [-0.4, -0.2) is 30.6 Å². The number of aliphatic imine (C=N–C) groups is 1. The maximum atomic E-state index is 11.1. The fourth-order valence-electron chi connectivity index (χ4n) is 2.28. The summed E-state index contributed by atoms with van der Waals surface area (Å²) in [4.78, 5) is 15.1. The van der Waals surface area contributed by atoms with Gasteiger partial charge in [-0.1, -0.05) is 18.2 Å². The molecule has 0 saturated carbocycles. The first kappa shape index (κ1) is 19.5. The van der Waals surface area contributed by atoms with Crippen molar-refractivity contribution in [1.82, 2.24) is 10.6 Å². The number of rotatable bonds is 10. The molecule has 0 amide bonds. The van der Waals surface area contributed by atoms with E-state index in [0.717, 1.165) is 12.2 Å². The average molecular weight is 360 g/mol. The Balaban J connectivity index is 1.76. The van der Waals surface area contributed by atoms with E-state index in [0.29, 0.717) is 37.8 Å². The largest absolute Gasteiger partial charge is 0.467 e. The molecule has 8 heteroatoms. The molecule has 1 aromatic carbocycles. The molecule has 1 heterocycles. The molecule has 0 aliphatic carbocycles. The molecule has 2 N–H and O–H groups in total. The molecule has 140 valence electrons. The van der Waals surface area contributed by atoms with Gasteiger partial charge in [0.2, 0.25) is 0 Å². The van der Waals surface area contributed by atoms with E-state index in [2.05, 4.69) is 15.6 Å². The smallest absolute Gasteiger partial charge is 0.274 e. The Hall–Kier alpha value is -2.87. The Morgan fingerprint density at radius 3 is 2.85 bits per heavy atom. The summed E-state index contributed by atoms with van der Waals surface area (Å²) in [5.74, 6) is 1.43. The maximum Gasteiger partial charge on any atom is 0.274 e. The van der Waals surface area contributed by atoms with Crippen LogP contribution in [0.2, 0.25) is 0 Å². The number of guanidine groups is 1. The summed E-state index contributed by atoms with van der Waals surface area (Å²) in [6, 6.07) is 10.3. The number of ether oxygens (including phenoxy) is 1. The summed E-state index contributed by atoms with van der Waals surface area (Å²) < 4.78 is 10.7. The lowest BCUT2D eigenvalue weighted by Crippen LogP contribution is -2.38. The molecule has 0 radical (unpaired) electrons. The standard InChI is InChI=1S/C18H24N4O4/c1-2-19-18(20-10-6-11-25-14-16-8-5-12-26-16)21-13-15-7-3-4-9-17(15)22(23)24/h3-5,7-9,12H,2,6,10-11,13-14H2,1H3,(H2,19,20,21). The van der Waals surface area contributed by atoms with E-state index in [1.807, 2.05) is 19.1 Å². The topological polar surface area (TPSA) is 102 Å². The number of hydrogen-bond acceptors (Lipinski definition) is 5. The van der Waals surface area contributed by atoms with E-state index in [4.69, 9.17) is 9.15 Å². The van der Waals surface area contributed by atoms with Gasteiger partial charge >= 0.3 is 0 Å². The number of furan rings is 1. The molecule has 8 nitrogen and oxygen atoms in total. The summed E-state index contributed by atoms with van der Waals surface area (Å²) in [5, 5.41) is 17.4. The highest BCUT2D eigenvalue weighted by Crippen LogP contribution is 2.18. The predicted octanol–water partition coefficient (Wildman–Crippen LogP) is 2.85. The molecule has 0 saturated heterocycles. The lowest BCUT2D eigenvalue weighted by Gasteiger charge is -2.11. The molecule has 1 aromatic heterocycles. The maximum absolute atomic E-state index is 11.1.